The van der Waals surface area contributed by atoms with Crippen LogP contribution < -0.4 is 20.7 Å². The molecule has 0 aromatic heterocycles. The molecule has 3 N–H and O–H groups in total. The van der Waals surface area contributed by atoms with Gasteiger partial charge in [-0.2, -0.15) is 0 Å². The number of amides is 3. The van der Waals surface area contributed by atoms with Crippen LogP contribution in [0.2, 0.25) is 0 Å². The Kier molecular flexibility index (Phi) is 10.5. The number of benzene rings is 6. The average molecular weight is 664 g/mol. The van der Waals surface area contributed by atoms with Gasteiger partial charge < -0.3 is 20.7 Å². The van der Waals surface area contributed by atoms with E-state index >= 15 is 0 Å². The van der Waals surface area contributed by atoms with Crippen molar-refractivity contribution in [2.75, 3.05) is 17.7 Å². The van der Waals surface area contributed by atoms with Gasteiger partial charge in [-0.15, -0.1) is 11.8 Å². The first-order valence-corrected chi connectivity index (χ1v) is 16.5. The van der Waals surface area contributed by atoms with Crippen LogP contribution in [0.3, 0.4) is 0 Å². The van der Waals surface area contributed by atoms with Crippen molar-refractivity contribution >= 4 is 57.7 Å². The van der Waals surface area contributed by atoms with Gasteiger partial charge in [-0.25, -0.2) is 0 Å². The molecule has 1 atom stereocenters. The number of thioether (sulfide) groups is 1. The molecule has 0 aliphatic carbocycles. The van der Waals surface area contributed by atoms with Crippen molar-refractivity contribution in [1.29, 1.82) is 0 Å². The third-order valence-electron chi connectivity index (χ3n) is 7.68. The van der Waals surface area contributed by atoms with Gasteiger partial charge in [0.1, 0.15) is 16.7 Å². The number of carbonyl (C=O) groups is 3. The lowest BCUT2D eigenvalue weighted by atomic mass is 10.1. The summed E-state index contributed by atoms with van der Waals surface area (Å²) in [6, 6.07) is 46.6. The summed E-state index contributed by atoms with van der Waals surface area (Å²) in [5.74, 6) is -0.366. The molecule has 8 heteroatoms. The minimum Gasteiger partial charge on any atom is -0.497 e. The number of hydrogen-bond acceptors (Lipinski definition) is 5. The van der Waals surface area contributed by atoms with E-state index < -0.39 is 17.1 Å². The van der Waals surface area contributed by atoms with Crippen LogP contribution in [0.4, 0.5) is 11.4 Å². The van der Waals surface area contributed by atoms with Gasteiger partial charge in [0.2, 0.25) is 5.91 Å². The van der Waals surface area contributed by atoms with Gasteiger partial charge in [0.15, 0.2) is 0 Å². The Bertz CT molecular complexity index is 2100. The first kappa shape index (κ1) is 32.8. The standard InChI is InChI=1S/C41H33N3O4S/c1-48-35-22-16-28(17-23-35)26-37(44-39(45)31-13-6-3-7-14-31)40(46)42-33-20-24-36(25-21-33)49-38(30-11-4-2-5-12-30)41(47)43-34-19-18-29-10-8-9-15-32(29)27-34/h2-27,38H,1H3,(H,42,46)(H,43,47)(H,44,45)/b37-26-. The second-order valence-corrected chi connectivity index (χ2v) is 12.3. The van der Waals surface area contributed by atoms with Crippen molar-refractivity contribution in [2.45, 2.75) is 10.1 Å². The summed E-state index contributed by atoms with van der Waals surface area (Å²) in [4.78, 5) is 41.1. The molecular weight excluding hydrogens is 631 g/mol. The maximum absolute atomic E-state index is 13.7. The van der Waals surface area contributed by atoms with Crippen molar-refractivity contribution in [3.05, 3.63) is 174 Å². The summed E-state index contributed by atoms with van der Waals surface area (Å²) < 4.78 is 5.24. The molecule has 0 aliphatic rings. The fourth-order valence-electron chi connectivity index (χ4n) is 5.14. The molecule has 0 fully saturated rings. The van der Waals surface area contributed by atoms with Crippen molar-refractivity contribution < 1.29 is 19.1 Å². The zero-order chi connectivity index (χ0) is 34.0. The number of nitrogens with one attached hydrogen (secondary N) is 3. The van der Waals surface area contributed by atoms with E-state index in [0.29, 0.717) is 22.6 Å². The van der Waals surface area contributed by atoms with E-state index in [-0.39, 0.29) is 11.6 Å². The Morgan fingerprint density at radius 2 is 1.29 bits per heavy atom. The molecule has 49 heavy (non-hydrogen) atoms. The van der Waals surface area contributed by atoms with E-state index in [2.05, 4.69) is 16.0 Å². The molecule has 0 radical (unpaired) electrons. The third kappa shape index (κ3) is 8.62. The lowest BCUT2D eigenvalue weighted by Gasteiger charge is -2.18. The molecule has 0 aliphatic heterocycles. The molecule has 6 rings (SSSR count). The number of anilines is 2. The van der Waals surface area contributed by atoms with Gasteiger partial charge in [0, 0.05) is 21.8 Å². The van der Waals surface area contributed by atoms with Crippen molar-refractivity contribution in [1.82, 2.24) is 5.32 Å². The Hall–Kier alpha value is -6.12. The Morgan fingerprint density at radius 1 is 0.653 bits per heavy atom. The average Bonchev–Trinajstić information content (AvgIpc) is 3.15. The summed E-state index contributed by atoms with van der Waals surface area (Å²) in [5.41, 5.74) is 3.33. The Balaban J connectivity index is 1.18. The monoisotopic (exact) mass is 663 g/mol. The minimum absolute atomic E-state index is 0.0759. The third-order valence-corrected chi connectivity index (χ3v) is 8.95. The first-order chi connectivity index (χ1) is 23.9. The fourth-order valence-corrected chi connectivity index (χ4v) is 6.16. The summed E-state index contributed by atoms with van der Waals surface area (Å²) in [6.45, 7) is 0. The van der Waals surface area contributed by atoms with Crippen molar-refractivity contribution in [3.63, 3.8) is 0 Å². The van der Waals surface area contributed by atoms with Gasteiger partial charge in [-0.3, -0.25) is 14.4 Å². The quantitative estimate of drug-likeness (QED) is 0.0952. The van der Waals surface area contributed by atoms with E-state index in [1.54, 1.807) is 73.8 Å². The molecule has 242 valence electrons. The van der Waals surface area contributed by atoms with Gasteiger partial charge in [-0.1, -0.05) is 91.0 Å². The van der Waals surface area contributed by atoms with Crippen LogP contribution in [0.25, 0.3) is 16.8 Å². The highest BCUT2D eigenvalue weighted by molar-refractivity contribution is 8.00. The van der Waals surface area contributed by atoms with Gasteiger partial charge in [0.25, 0.3) is 11.8 Å². The molecule has 7 nitrogen and oxygen atoms in total. The van der Waals surface area contributed by atoms with Crippen LogP contribution >= 0.6 is 11.8 Å². The van der Waals surface area contributed by atoms with E-state index in [1.807, 2.05) is 91.0 Å². The van der Waals surface area contributed by atoms with E-state index in [9.17, 15) is 14.4 Å². The number of hydrogen-bond donors (Lipinski definition) is 3. The maximum atomic E-state index is 13.7. The van der Waals surface area contributed by atoms with Crippen LogP contribution in [0.5, 0.6) is 5.75 Å². The van der Waals surface area contributed by atoms with E-state index in [4.69, 9.17) is 4.74 Å². The Labute approximate surface area is 289 Å². The maximum Gasteiger partial charge on any atom is 0.272 e. The minimum atomic E-state index is -0.527. The molecule has 0 heterocycles. The van der Waals surface area contributed by atoms with Crippen molar-refractivity contribution in [2.24, 2.45) is 0 Å². The van der Waals surface area contributed by atoms with Crippen LogP contribution in [-0.2, 0) is 9.59 Å². The van der Waals surface area contributed by atoms with Gasteiger partial charge in [-0.05, 0) is 88.6 Å². The number of fused-ring (bicyclic) bond motifs is 1. The second kappa shape index (κ2) is 15.6. The highest BCUT2D eigenvalue weighted by Gasteiger charge is 2.23. The highest BCUT2D eigenvalue weighted by Crippen LogP contribution is 2.37. The number of carbonyl (C=O) groups excluding carboxylic acids is 3. The molecule has 1 unspecified atom stereocenters. The van der Waals surface area contributed by atoms with E-state index in [1.165, 1.54) is 11.8 Å². The predicted octanol–water partition coefficient (Wildman–Crippen LogP) is 8.73. The summed E-state index contributed by atoms with van der Waals surface area (Å²) in [6.07, 6.45) is 1.61. The van der Waals surface area contributed by atoms with Crippen LogP contribution in [0.1, 0.15) is 26.7 Å². The van der Waals surface area contributed by atoms with Gasteiger partial charge in [0.05, 0.1) is 7.11 Å². The van der Waals surface area contributed by atoms with E-state index in [0.717, 1.165) is 26.9 Å². The normalized spacial score (nSPS) is 11.7. The zero-order valence-electron chi connectivity index (χ0n) is 26.6. The molecule has 6 aromatic carbocycles. The molecule has 0 saturated carbocycles. The topological polar surface area (TPSA) is 96.5 Å². The summed E-state index contributed by atoms with van der Waals surface area (Å²) in [5, 5.41) is 10.4. The molecule has 0 spiro atoms. The number of ether oxygens (including phenoxy) is 1. The smallest absolute Gasteiger partial charge is 0.272 e. The lowest BCUT2D eigenvalue weighted by Crippen LogP contribution is -2.30. The Morgan fingerprint density at radius 3 is 1.98 bits per heavy atom. The van der Waals surface area contributed by atoms with Crippen molar-refractivity contribution in [3.8, 4) is 5.75 Å². The highest BCUT2D eigenvalue weighted by atomic mass is 32.2. The number of methoxy groups -OCH3 is 1. The first-order valence-electron chi connectivity index (χ1n) is 15.6. The summed E-state index contributed by atoms with van der Waals surface area (Å²) in [7, 11) is 1.58. The molecule has 0 saturated heterocycles. The largest absolute Gasteiger partial charge is 0.497 e. The molecule has 3 amide bonds. The fraction of sp³-hybridized carbons (Fsp3) is 0.0488. The zero-order valence-corrected chi connectivity index (χ0v) is 27.4. The van der Waals surface area contributed by atoms with Crippen LogP contribution in [0, 0.1) is 0 Å². The lowest BCUT2D eigenvalue weighted by molar-refractivity contribution is -0.116. The SMILES string of the molecule is COc1ccc(/C=C(\NC(=O)c2ccccc2)C(=O)Nc2ccc(SC(C(=O)Nc3ccc4ccccc4c3)c3ccccc3)cc2)cc1. The summed E-state index contributed by atoms with van der Waals surface area (Å²) >= 11 is 1.41. The molecule has 6 aromatic rings. The predicted molar refractivity (Wildman–Crippen MR) is 198 cm³/mol. The van der Waals surface area contributed by atoms with Gasteiger partial charge >= 0.3 is 0 Å². The molecular formula is C41H33N3O4S. The van der Waals surface area contributed by atoms with Crippen LogP contribution in [0.15, 0.2) is 162 Å². The molecule has 0 bridgehead atoms. The number of rotatable bonds is 11. The second-order valence-electron chi connectivity index (χ2n) is 11.1. The van der Waals surface area contributed by atoms with Crippen LogP contribution in [-0.4, -0.2) is 24.8 Å².